The van der Waals surface area contributed by atoms with E-state index in [2.05, 4.69) is 34.5 Å². The molecule has 0 radical (unpaired) electrons. The third-order valence-corrected chi connectivity index (χ3v) is 11.4. The maximum atomic E-state index is 13.9. The Morgan fingerprint density at radius 2 is 1.12 bits per heavy atom. The van der Waals surface area contributed by atoms with Crippen molar-refractivity contribution in [2.75, 3.05) is 65.6 Å². The normalized spacial score (nSPS) is 19.2. The van der Waals surface area contributed by atoms with Crippen LogP contribution in [-0.4, -0.2) is 107 Å². The van der Waals surface area contributed by atoms with Gasteiger partial charge < -0.3 is 43.7 Å². The predicted molar refractivity (Wildman–Crippen MR) is 228 cm³/mol. The summed E-state index contributed by atoms with van der Waals surface area (Å²) in [4.78, 5) is 43.1. The van der Waals surface area contributed by atoms with E-state index in [1.54, 1.807) is 55.4 Å². The molecule has 2 amide bonds. The molecule has 5 aliphatic rings. The van der Waals surface area contributed by atoms with Crippen LogP contribution in [0.5, 0.6) is 28.7 Å². The number of amides is 2. The zero-order valence-electron chi connectivity index (χ0n) is 33.4. The van der Waals surface area contributed by atoms with Crippen LogP contribution in [0.4, 0.5) is 17.1 Å². The summed E-state index contributed by atoms with van der Waals surface area (Å²) < 4.78 is 29.0. The Balaban J connectivity index is 0.825. The van der Waals surface area contributed by atoms with Crippen LogP contribution in [-0.2, 0) is 0 Å². The van der Waals surface area contributed by atoms with Crippen LogP contribution in [0.2, 0.25) is 0 Å². The summed E-state index contributed by atoms with van der Waals surface area (Å²) >= 11 is 0. The van der Waals surface area contributed by atoms with E-state index in [0.717, 1.165) is 54.2 Å². The van der Waals surface area contributed by atoms with E-state index in [-0.39, 0.29) is 23.9 Å². The molecule has 5 aliphatic heterocycles. The minimum Gasteiger partial charge on any atom is -0.497 e. The third-order valence-electron chi connectivity index (χ3n) is 11.4. The topological polar surface area (TPSA) is 127 Å². The van der Waals surface area contributed by atoms with Gasteiger partial charge >= 0.3 is 0 Å². The highest BCUT2D eigenvalue weighted by atomic mass is 16.5. The van der Waals surface area contributed by atoms with Crippen LogP contribution in [0.1, 0.15) is 51.1 Å². The van der Waals surface area contributed by atoms with Crippen LogP contribution < -0.4 is 33.9 Å². The number of benzene rings is 4. The number of nitrogens with one attached hydrogen (secondary N) is 1. The number of carbonyl (C=O) groups is 2. The molecule has 302 valence electrons. The summed E-state index contributed by atoms with van der Waals surface area (Å²) in [6, 6.07) is 23.0. The van der Waals surface area contributed by atoms with E-state index in [1.807, 2.05) is 49.1 Å². The number of methoxy groups -OCH3 is 3. The number of nitrogens with zero attached hydrogens (tertiary/aromatic N) is 5. The van der Waals surface area contributed by atoms with Gasteiger partial charge in [-0.3, -0.25) is 19.6 Å². The van der Waals surface area contributed by atoms with Crippen LogP contribution >= 0.6 is 0 Å². The monoisotopic (exact) mass is 794 g/mol. The maximum absolute atomic E-state index is 13.9. The van der Waals surface area contributed by atoms with Gasteiger partial charge in [0.1, 0.15) is 5.75 Å². The second-order valence-electron chi connectivity index (χ2n) is 14.9. The highest BCUT2D eigenvalue weighted by molar-refractivity contribution is 6.06. The Labute approximate surface area is 343 Å². The minimum atomic E-state index is -0.202. The zero-order valence-corrected chi connectivity index (χ0v) is 33.4. The van der Waals surface area contributed by atoms with Crippen molar-refractivity contribution >= 4 is 52.5 Å². The van der Waals surface area contributed by atoms with E-state index in [1.165, 1.54) is 5.69 Å². The molecular weight excluding hydrogens is 749 g/mol. The summed E-state index contributed by atoms with van der Waals surface area (Å²) in [6.07, 6.45) is 9.37. The van der Waals surface area contributed by atoms with Crippen molar-refractivity contribution in [1.29, 1.82) is 0 Å². The number of fused-ring (bicyclic) bond motifs is 4. The number of aliphatic imine (C=N–C) groups is 2. The zero-order chi connectivity index (χ0) is 40.5. The molecule has 1 fully saturated rings. The van der Waals surface area contributed by atoms with Gasteiger partial charge in [-0.25, -0.2) is 0 Å². The Morgan fingerprint density at radius 1 is 0.627 bits per heavy atom. The first-order valence-corrected chi connectivity index (χ1v) is 20.0. The fourth-order valence-corrected chi connectivity index (χ4v) is 8.18. The van der Waals surface area contributed by atoms with Gasteiger partial charge in [0.05, 0.1) is 69.1 Å². The maximum Gasteiger partial charge on any atom is 0.260 e. The molecule has 0 aromatic heterocycles. The summed E-state index contributed by atoms with van der Waals surface area (Å²) in [7, 11) is 4.74. The molecule has 0 aliphatic carbocycles. The number of anilines is 1. The van der Waals surface area contributed by atoms with Crippen molar-refractivity contribution in [2.45, 2.75) is 31.3 Å². The van der Waals surface area contributed by atoms with Gasteiger partial charge in [-0.15, -0.1) is 0 Å². The van der Waals surface area contributed by atoms with E-state index >= 15 is 0 Å². The Bertz CT molecular complexity index is 2380. The van der Waals surface area contributed by atoms with Crippen LogP contribution in [0.3, 0.4) is 0 Å². The van der Waals surface area contributed by atoms with Crippen molar-refractivity contribution in [3.8, 4) is 28.7 Å². The molecular formula is C46H46N6O7. The van der Waals surface area contributed by atoms with Crippen molar-refractivity contribution in [3.63, 3.8) is 0 Å². The molecule has 2 atom stereocenters. The van der Waals surface area contributed by atoms with Gasteiger partial charge in [-0.2, -0.15) is 0 Å². The second kappa shape index (κ2) is 16.3. The average Bonchev–Trinajstić information content (AvgIpc) is 3.86. The first kappa shape index (κ1) is 37.9. The molecule has 2 unspecified atom stereocenters. The van der Waals surface area contributed by atoms with Gasteiger partial charge in [-0.05, 0) is 58.7 Å². The van der Waals surface area contributed by atoms with Gasteiger partial charge in [0.25, 0.3) is 11.8 Å². The lowest BCUT2D eigenvalue weighted by Crippen LogP contribution is -2.43. The SMILES string of the molecule is COc1ccc(C2=CN3C(=O)c4cc(OC)c(OCCCOc5cc6c(cc5OC)C(=O)N5C=C(c7ccc(N8CCNCC8)cc7)CC5C=N6)cc4N=CC3C2)cc1. The lowest BCUT2D eigenvalue weighted by molar-refractivity contribution is 0.0809. The highest BCUT2D eigenvalue weighted by Crippen LogP contribution is 2.42. The quantitative estimate of drug-likeness (QED) is 0.152. The smallest absolute Gasteiger partial charge is 0.260 e. The molecule has 5 heterocycles. The molecule has 4 aromatic carbocycles. The van der Waals surface area contributed by atoms with Crippen LogP contribution in [0.15, 0.2) is 95.2 Å². The van der Waals surface area contributed by atoms with E-state index in [9.17, 15) is 9.59 Å². The number of hydrogen-bond acceptors (Lipinski definition) is 11. The molecule has 0 spiro atoms. The van der Waals surface area contributed by atoms with Gasteiger partial charge in [-0.1, -0.05) is 24.3 Å². The lowest BCUT2D eigenvalue weighted by atomic mass is 10.0. The molecule has 9 rings (SSSR count). The van der Waals surface area contributed by atoms with Crippen LogP contribution in [0, 0.1) is 0 Å². The van der Waals surface area contributed by atoms with Crippen molar-refractivity contribution in [1.82, 2.24) is 15.1 Å². The third kappa shape index (κ3) is 7.49. The van der Waals surface area contributed by atoms with Crippen molar-refractivity contribution < 1.29 is 33.3 Å². The molecule has 13 heteroatoms. The molecule has 0 bridgehead atoms. The molecule has 1 saturated heterocycles. The molecule has 13 nitrogen and oxygen atoms in total. The number of carbonyl (C=O) groups excluding carboxylic acids is 2. The predicted octanol–water partition coefficient (Wildman–Crippen LogP) is 6.91. The van der Waals surface area contributed by atoms with E-state index in [0.29, 0.717) is 78.0 Å². The number of rotatable bonds is 12. The Morgan fingerprint density at radius 3 is 1.59 bits per heavy atom. The fraction of sp³-hybridized carbons (Fsp3) is 0.304. The Kier molecular flexibility index (Phi) is 10.5. The van der Waals surface area contributed by atoms with Crippen LogP contribution in [0.25, 0.3) is 11.1 Å². The standard InChI is InChI=1S/C46H46N6O7/c1-55-36-11-7-30(8-12-36)32-20-35-26-49-40-24-44(42(57-3)22-38(40)46(54)52(35)28-32)59-18-4-17-58-43-23-39-37(21-41(43)56-2)45(53)51-27-31(19-34(51)25-48-39)29-5-9-33(10-6-29)50-15-13-47-14-16-50/h5-12,21-28,34-35,47H,4,13-20H2,1-3H3. The van der Waals surface area contributed by atoms with E-state index in [4.69, 9.17) is 33.7 Å². The van der Waals surface area contributed by atoms with Gasteiger partial charge in [0.15, 0.2) is 23.0 Å². The first-order valence-electron chi connectivity index (χ1n) is 20.0. The summed E-state index contributed by atoms with van der Waals surface area (Å²) in [5.41, 5.74) is 7.44. The van der Waals surface area contributed by atoms with Crippen molar-refractivity contribution in [2.24, 2.45) is 9.98 Å². The first-order chi connectivity index (χ1) is 28.9. The second-order valence-corrected chi connectivity index (χ2v) is 14.9. The Hall–Kier alpha value is -6.60. The molecule has 1 N–H and O–H groups in total. The number of ether oxygens (including phenoxy) is 5. The molecule has 0 saturated carbocycles. The van der Waals surface area contributed by atoms with E-state index < -0.39 is 0 Å². The largest absolute Gasteiger partial charge is 0.497 e. The molecule has 4 aromatic rings. The minimum absolute atomic E-state index is 0.135. The summed E-state index contributed by atoms with van der Waals surface area (Å²) in [6.45, 7) is 4.58. The highest BCUT2D eigenvalue weighted by Gasteiger charge is 2.35. The van der Waals surface area contributed by atoms with Gasteiger partial charge in [0.2, 0.25) is 0 Å². The lowest BCUT2D eigenvalue weighted by Gasteiger charge is -2.29. The van der Waals surface area contributed by atoms with Gasteiger partial charge in [0, 0.05) is 88.1 Å². The average molecular weight is 795 g/mol. The summed E-state index contributed by atoms with van der Waals surface area (Å²) in [5, 5.41) is 3.40. The fourth-order valence-electron chi connectivity index (χ4n) is 8.18. The van der Waals surface area contributed by atoms with Crippen molar-refractivity contribution in [3.05, 3.63) is 107 Å². The number of piperazine rings is 1. The number of hydrogen-bond donors (Lipinski definition) is 1. The summed E-state index contributed by atoms with van der Waals surface area (Å²) in [5.74, 6) is 2.34. The molecule has 59 heavy (non-hydrogen) atoms.